The van der Waals surface area contributed by atoms with E-state index in [9.17, 15) is 17.8 Å². The predicted molar refractivity (Wildman–Crippen MR) is 177 cm³/mol. The number of ether oxygens (including phenoxy) is 1. The van der Waals surface area contributed by atoms with Gasteiger partial charge in [0.05, 0.1) is 21.6 Å². The van der Waals surface area contributed by atoms with E-state index in [0.29, 0.717) is 34.3 Å². The van der Waals surface area contributed by atoms with E-state index >= 15 is 0 Å². The predicted octanol–water partition coefficient (Wildman–Crippen LogP) is 7.73. The molecule has 5 aromatic rings. The molecule has 5 rings (SSSR count). The zero-order valence-electron chi connectivity index (χ0n) is 25.7. The molecular formula is C36H34ClN2O6S-. The number of rotatable bonds is 11. The number of carbonyl (C=O) groups is 1. The van der Waals surface area contributed by atoms with Gasteiger partial charge in [0.15, 0.2) is 5.76 Å². The van der Waals surface area contributed by atoms with Crippen molar-refractivity contribution in [2.45, 2.75) is 38.5 Å². The highest BCUT2D eigenvalue weighted by Crippen LogP contribution is 2.34. The van der Waals surface area contributed by atoms with Gasteiger partial charge in [-0.15, -0.1) is 0 Å². The Bertz CT molecular complexity index is 1900. The number of nitrogens with zero attached hydrogens (tertiary/aromatic N) is 1. The topological polar surface area (TPSA) is 122 Å². The second-order valence-corrected chi connectivity index (χ2v) is 14.0. The first-order chi connectivity index (χ1) is 21.8. The summed E-state index contributed by atoms with van der Waals surface area (Å²) in [6.45, 7) is 6.27. The fourth-order valence-corrected chi connectivity index (χ4v) is 5.45. The number of benzene rings is 4. The van der Waals surface area contributed by atoms with Gasteiger partial charge in [0.2, 0.25) is 0 Å². The summed E-state index contributed by atoms with van der Waals surface area (Å²) in [6, 6.07) is 32.2. The molecule has 0 saturated heterocycles. The molecule has 238 valence electrons. The number of halogens is 1. The van der Waals surface area contributed by atoms with E-state index in [1.165, 1.54) is 5.56 Å². The highest BCUT2D eigenvalue weighted by Gasteiger charge is 2.22. The first kappa shape index (κ1) is 32.9. The van der Waals surface area contributed by atoms with Crippen molar-refractivity contribution in [1.82, 2.24) is 10.5 Å². The van der Waals surface area contributed by atoms with Gasteiger partial charge >= 0.3 is 0 Å². The molecule has 0 radical (unpaired) electrons. The molecule has 1 unspecified atom stereocenters. The minimum Gasteiger partial charge on any atom is -0.748 e. The van der Waals surface area contributed by atoms with Crippen LogP contribution < -0.4 is 10.1 Å². The quantitative estimate of drug-likeness (QED) is 0.144. The molecule has 0 saturated carbocycles. The minimum atomic E-state index is -4.41. The smallest absolute Gasteiger partial charge is 0.251 e. The third-order valence-electron chi connectivity index (χ3n) is 7.53. The van der Waals surface area contributed by atoms with Crippen molar-refractivity contribution < 1.29 is 27.0 Å². The van der Waals surface area contributed by atoms with E-state index < -0.39 is 21.8 Å². The normalized spacial score (nSPS) is 12.5. The van der Waals surface area contributed by atoms with Gasteiger partial charge < -0.3 is 19.1 Å². The standard InChI is InChI=1S/C36H35ClN2O6S/c1-36(2,3)28-13-11-25(12-14-28)32(21-24-7-9-26(10-8-24)35(40)38-19-20-46(41,42)43)33-23-34(45-39-33)27-5-4-6-31(22-27)44-30-17-15-29(37)16-18-30/h4-18,22-23,32H,19-21H2,1-3H3,(H,38,40)(H,41,42,43)/p-1. The largest absolute Gasteiger partial charge is 0.748 e. The summed E-state index contributed by atoms with van der Waals surface area (Å²) in [7, 11) is -4.41. The Morgan fingerprint density at radius 1 is 0.935 bits per heavy atom. The molecule has 0 aliphatic heterocycles. The molecule has 1 aromatic heterocycles. The first-order valence-corrected chi connectivity index (χ1v) is 16.7. The lowest BCUT2D eigenvalue weighted by molar-refractivity contribution is 0.0956. The van der Waals surface area contributed by atoms with Crippen LogP contribution in [0.3, 0.4) is 0 Å². The lowest BCUT2D eigenvalue weighted by Crippen LogP contribution is -2.28. The van der Waals surface area contributed by atoms with Gasteiger partial charge in [-0.1, -0.05) is 86.1 Å². The zero-order valence-corrected chi connectivity index (χ0v) is 27.3. The van der Waals surface area contributed by atoms with Crippen LogP contribution in [0.4, 0.5) is 0 Å². The lowest BCUT2D eigenvalue weighted by atomic mass is 9.83. The second-order valence-electron chi connectivity index (χ2n) is 12.0. The van der Waals surface area contributed by atoms with Gasteiger partial charge in [-0.05, 0) is 77.1 Å². The van der Waals surface area contributed by atoms with Crippen molar-refractivity contribution in [2.75, 3.05) is 12.3 Å². The molecule has 8 nitrogen and oxygen atoms in total. The summed E-state index contributed by atoms with van der Waals surface area (Å²) in [5.74, 6) is 0.643. The molecule has 1 atom stereocenters. The Morgan fingerprint density at radius 3 is 2.28 bits per heavy atom. The molecule has 1 amide bonds. The monoisotopic (exact) mass is 657 g/mol. The second kappa shape index (κ2) is 13.9. The molecule has 46 heavy (non-hydrogen) atoms. The van der Waals surface area contributed by atoms with Crippen LogP contribution in [0.1, 0.15) is 59.4 Å². The fourth-order valence-electron chi connectivity index (χ4n) is 4.97. The molecular weight excluding hydrogens is 624 g/mol. The number of carbonyl (C=O) groups excluding carboxylic acids is 1. The van der Waals surface area contributed by atoms with Gasteiger partial charge in [-0.25, -0.2) is 8.42 Å². The van der Waals surface area contributed by atoms with Crippen molar-refractivity contribution in [1.29, 1.82) is 0 Å². The van der Waals surface area contributed by atoms with Gasteiger partial charge in [0, 0.05) is 34.7 Å². The van der Waals surface area contributed by atoms with E-state index in [-0.39, 0.29) is 17.9 Å². The van der Waals surface area contributed by atoms with E-state index in [1.807, 2.05) is 42.5 Å². The van der Waals surface area contributed by atoms with Crippen molar-refractivity contribution in [3.8, 4) is 22.8 Å². The molecule has 1 heterocycles. The van der Waals surface area contributed by atoms with Crippen LogP contribution in [-0.2, 0) is 22.0 Å². The first-order valence-electron chi connectivity index (χ1n) is 14.8. The Kier molecular flexibility index (Phi) is 9.96. The third-order valence-corrected chi connectivity index (χ3v) is 8.48. The summed E-state index contributed by atoms with van der Waals surface area (Å²) >= 11 is 6.00. The maximum Gasteiger partial charge on any atom is 0.251 e. The van der Waals surface area contributed by atoms with Crippen LogP contribution in [0, 0.1) is 0 Å². The number of nitrogens with one attached hydrogen (secondary N) is 1. The number of aromatic nitrogens is 1. The van der Waals surface area contributed by atoms with Crippen molar-refractivity contribution in [3.05, 3.63) is 136 Å². The minimum absolute atomic E-state index is 0.00245. The van der Waals surface area contributed by atoms with E-state index in [4.69, 9.17) is 20.9 Å². The van der Waals surface area contributed by atoms with E-state index in [2.05, 4.69) is 55.5 Å². The molecule has 0 spiro atoms. The van der Waals surface area contributed by atoms with Crippen LogP contribution in [0.25, 0.3) is 11.3 Å². The van der Waals surface area contributed by atoms with E-state index in [1.54, 1.807) is 36.4 Å². The maximum atomic E-state index is 12.5. The Morgan fingerprint density at radius 2 is 1.63 bits per heavy atom. The molecule has 0 bridgehead atoms. The van der Waals surface area contributed by atoms with Crippen LogP contribution >= 0.6 is 11.6 Å². The van der Waals surface area contributed by atoms with Crippen molar-refractivity contribution >= 4 is 27.6 Å². The summed E-state index contributed by atoms with van der Waals surface area (Å²) in [5.41, 5.74) is 5.17. The average Bonchev–Trinajstić information content (AvgIpc) is 3.51. The molecule has 10 heteroatoms. The Hall–Kier alpha value is -4.44. The van der Waals surface area contributed by atoms with Crippen LogP contribution in [0.5, 0.6) is 11.5 Å². The van der Waals surface area contributed by atoms with E-state index in [0.717, 1.165) is 22.4 Å². The maximum absolute atomic E-state index is 12.5. The van der Waals surface area contributed by atoms with Crippen LogP contribution in [0.2, 0.25) is 5.02 Å². The highest BCUT2D eigenvalue weighted by atomic mass is 35.5. The Labute approximate surface area is 274 Å². The summed E-state index contributed by atoms with van der Waals surface area (Å²) < 4.78 is 44.4. The highest BCUT2D eigenvalue weighted by molar-refractivity contribution is 7.85. The zero-order chi connectivity index (χ0) is 32.9. The number of hydrogen-bond donors (Lipinski definition) is 1. The molecule has 0 aliphatic carbocycles. The average molecular weight is 658 g/mol. The SMILES string of the molecule is CC(C)(C)c1ccc(C(Cc2ccc(C(=O)NCCS(=O)(=O)[O-])cc2)c2cc(-c3cccc(Oc4ccc(Cl)cc4)c3)on2)cc1. The molecule has 1 N–H and O–H groups in total. The third kappa shape index (κ3) is 8.84. The number of hydrogen-bond acceptors (Lipinski definition) is 7. The number of amides is 1. The van der Waals surface area contributed by atoms with Gasteiger partial charge in [0.25, 0.3) is 5.91 Å². The van der Waals surface area contributed by atoms with Gasteiger partial charge in [-0.3, -0.25) is 4.79 Å². The van der Waals surface area contributed by atoms with Gasteiger partial charge in [-0.2, -0.15) is 0 Å². The van der Waals surface area contributed by atoms with Crippen LogP contribution in [-0.4, -0.2) is 36.3 Å². The molecule has 0 fully saturated rings. The van der Waals surface area contributed by atoms with Gasteiger partial charge in [0.1, 0.15) is 11.5 Å². The lowest BCUT2D eigenvalue weighted by Gasteiger charge is -2.21. The summed E-state index contributed by atoms with van der Waals surface area (Å²) in [4.78, 5) is 12.5. The van der Waals surface area contributed by atoms with Crippen LogP contribution in [0.15, 0.2) is 108 Å². The molecule has 4 aromatic carbocycles. The fraction of sp³-hybridized carbons (Fsp3) is 0.222. The van der Waals surface area contributed by atoms with Crippen molar-refractivity contribution in [3.63, 3.8) is 0 Å². The Balaban J connectivity index is 1.39. The summed E-state index contributed by atoms with van der Waals surface area (Å²) in [6.07, 6.45) is 0.580. The summed E-state index contributed by atoms with van der Waals surface area (Å²) in [5, 5.41) is 7.59. The molecule has 0 aliphatic rings. The van der Waals surface area contributed by atoms with Crippen molar-refractivity contribution in [2.24, 2.45) is 0 Å².